The number of fused-ring (bicyclic) bond motifs is 10. The van der Waals surface area contributed by atoms with Crippen molar-refractivity contribution < 1.29 is 0 Å². The van der Waals surface area contributed by atoms with Gasteiger partial charge >= 0.3 is 0 Å². The molecule has 2 aromatic heterocycles. The Morgan fingerprint density at radius 2 is 0.725 bits per heavy atom. The molecule has 0 bridgehead atoms. The van der Waals surface area contributed by atoms with Crippen molar-refractivity contribution in [3.63, 3.8) is 0 Å². The Hall–Kier alpha value is -4.50. The molecule has 40 heavy (non-hydrogen) atoms. The molecule has 0 radical (unpaired) electrons. The maximum Gasteiger partial charge on any atom is 0.0434 e. The third kappa shape index (κ3) is 3.30. The van der Waals surface area contributed by atoms with Gasteiger partial charge in [0, 0.05) is 51.1 Å². The van der Waals surface area contributed by atoms with Gasteiger partial charge in [0.05, 0.1) is 0 Å². The standard InChI is InChI=1S/C38H22S2/c1-3-7-23(8-4-1)25-11-15-29-31-17-13-27-20-34-28(19-33(27)37(31)39-35(29)21-25)14-18-32-30-16-12-26(22-36(30)40-38(32)34)24-9-5-2-6-10-24/h1-22H. The topological polar surface area (TPSA) is 0 Å². The number of hydrogen-bond acceptors (Lipinski definition) is 2. The predicted molar refractivity (Wildman–Crippen MR) is 178 cm³/mol. The Labute approximate surface area is 239 Å². The van der Waals surface area contributed by atoms with Crippen LogP contribution in [-0.4, -0.2) is 0 Å². The highest BCUT2D eigenvalue weighted by atomic mass is 32.1. The van der Waals surface area contributed by atoms with Crippen LogP contribution in [0.3, 0.4) is 0 Å². The van der Waals surface area contributed by atoms with E-state index in [1.165, 1.54) is 84.1 Å². The first-order chi connectivity index (χ1) is 19.8. The SMILES string of the molecule is c1ccc(-c2ccc3c(c2)sc2c4cc5ccc6c7ccc(-c8ccccc8)cc7sc6c5cc4ccc32)cc1. The van der Waals surface area contributed by atoms with Crippen LogP contribution >= 0.6 is 22.7 Å². The Bertz CT molecular complexity index is 2240. The van der Waals surface area contributed by atoms with Crippen molar-refractivity contribution >= 4 is 84.6 Å². The summed E-state index contributed by atoms with van der Waals surface area (Å²) in [6.45, 7) is 0. The molecule has 0 fully saturated rings. The van der Waals surface area contributed by atoms with Crippen molar-refractivity contribution in [1.29, 1.82) is 0 Å². The van der Waals surface area contributed by atoms with E-state index in [0.29, 0.717) is 0 Å². The fourth-order valence-electron chi connectivity index (χ4n) is 6.23. The van der Waals surface area contributed by atoms with Gasteiger partial charge in [-0.15, -0.1) is 22.7 Å². The van der Waals surface area contributed by atoms with E-state index in [0.717, 1.165) is 0 Å². The molecule has 0 aliphatic rings. The van der Waals surface area contributed by atoms with Gasteiger partial charge in [-0.1, -0.05) is 109 Å². The van der Waals surface area contributed by atoms with Gasteiger partial charge < -0.3 is 0 Å². The normalized spacial score (nSPS) is 12.0. The third-order valence-corrected chi connectivity index (χ3v) is 10.6. The summed E-state index contributed by atoms with van der Waals surface area (Å²) in [7, 11) is 0. The second-order valence-corrected chi connectivity index (χ2v) is 12.6. The third-order valence-electron chi connectivity index (χ3n) is 8.24. The molecular formula is C38H22S2. The molecule has 9 aromatic rings. The molecule has 186 valence electrons. The monoisotopic (exact) mass is 542 g/mol. The second kappa shape index (κ2) is 8.50. The molecule has 9 rings (SSSR count). The van der Waals surface area contributed by atoms with Gasteiger partial charge in [0.1, 0.15) is 0 Å². The number of benzene rings is 7. The highest BCUT2D eigenvalue weighted by Crippen LogP contribution is 2.44. The van der Waals surface area contributed by atoms with E-state index in [4.69, 9.17) is 0 Å². The smallest absolute Gasteiger partial charge is 0.0434 e. The fourth-order valence-corrected chi connectivity index (χ4v) is 8.77. The average Bonchev–Trinajstić information content (AvgIpc) is 3.59. The highest BCUT2D eigenvalue weighted by molar-refractivity contribution is 7.27. The lowest BCUT2D eigenvalue weighted by molar-refractivity contribution is 1.66. The number of rotatable bonds is 2. The largest absolute Gasteiger partial charge is 0.135 e. The Kier molecular flexibility index (Phi) is 4.74. The lowest BCUT2D eigenvalue weighted by Gasteiger charge is -2.05. The van der Waals surface area contributed by atoms with E-state index >= 15 is 0 Å². The van der Waals surface area contributed by atoms with E-state index < -0.39 is 0 Å². The highest BCUT2D eigenvalue weighted by Gasteiger charge is 2.14. The first-order valence-electron chi connectivity index (χ1n) is 13.6. The Balaban J connectivity index is 1.25. The van der Waals surface area contributed by atoms with Crippen molar-refractivity contribution in [1.82, 2.24) is 0 Å². The minimum Gasteiger partial charge on any atom is -0.135 e. The van der Waals surface area contributed by atoms with Gasteiger partial charge in [-0.3, -0.25) is 0 Å². The second-order valence-electron chi connectivity index (χ2n) is 10.5. The molecule has 0 atom stereocenters. The summed E-state index contributed by atoms with van der Waals surface area (Å²) in [5.41, 5.74) is 5.08. The van der Waals surface area contributed by atoms with Gasteiger partial charge in [-0.2, -0.15) is 0 Å². The van der Waals surface area contributed by atoms with Crippen LogP contribution < -0.4 is 0 Å². The molecule has 0 N–H and O–H groups in total. The van der Waals surface area contributed by atoms with Crippen molar-refractivity contribution in [2.75, 3.05) is 0 Å². The Morgan fingerprint density at radius 1 is 0.300 bits per heavy atom. The molecule has 0 nitrogen and oxygen atoms in total. The van der Waals surface area contributed by atoms with Crippen molar-refractivity contribution in [3.05, 3.63) is 133 Å². The summed E-state index contributed by atoms with van der Waals surface area (Å²) < 4.78 is 5.45. The molecule has 7 aromatic carbocycles. The minimum atomic E-state index is 1.26. The molecule has 0 unspecified atom stereocenters. The maximum absolute atomic E-state index is 2.42. The molecular weight excluding hydrogens is 521 g/mol. The molecule has 0 aliphatic heterocycles. The van der Waals surface area contributed by atoms with Crippen LogP contribution in [0.1, 0.15) is 0 Å². The first-order valence-corrected chi connectivity index (χ1v) is 15.2. The molecule has 2 heteroatoms. The first kappa shape index (κ1) is 22.3. The summed E-state index contributed by atoms with van der Waals surface area (Å²) in [5, 5.41) is 10.7. The summed E-state index contributed by atoms with van der Waals surface area (Å²) in [4.78, 5) is 0. The summed E-state index contributed by atoms with van der Waals surface area (Å²) in [6, 6.07) is 49.3. The van der Waals surface area contributed by atoms with Crippen molar-refractivity contribution in [3.8, 4) is 22.3 Å². The van der Waals surface area contributed by atoms with E-state index in [1.807, 2.05) is 22.7 Å². The van der Waals surface area contributed by atoms with Crippen LogP contribution in [0.4, 0.5) is 0 Å². The predicted octanol–water partition coefficient (Wildman–Crippen LogP) is 12.1. The van der Waals surface area contributed by atoms with Crippen molar-refractivity contribution in [2.45, 2.75) is 0 Å². The number of thiophene rings is 2. The summed E-state index contributed by atoms with van der Waals surface area (Å²) in [6.07, 6.45) is 0. The molecule has 0 aliphatic carbocycles. The fraction of sp³-hybridized carbons (Fsp3) is 0. The van der Waals surface area contributed by atoms with E-state index in [9.17, 15) is 0 Å². The minimum absolute atomic E-state index is 1.26. The Morgan fingerprint density at radius 3 is 1.18 bits per heavy atom. The molecule has 0 spiro atoms. The van der Waals surface area contributed by atoms with Crippen LogP contribution in [-0.2, 0) is 0 Å². The van der Waals surface area contributed by atoms with Gasteiger partial charge in [0.2, 0.25) is 0 Å². The van der Waals surface area contributed by atoms with Crippen LogP contribution in [0.2, 0.25) is 0 Å². The van der Waals surface area contributed by atoms with E-state index in [2.05, 4.69) is 133 Å². The van der Waals surface area contributed by atoms with E-state index in [1.54, 1.807) is 0 Å². The molecule has 0 amide bonds. The quantitative estimate of drug-likeness (QED) is 0.191. The van der Waals surface area contributed by atoms with Crippen LogP contribution in [0.5, 0.6) is 0 Å². The summed E-state index contributed by atoms with van der Waals surface area (Å²) in [5.74, 6) is 0. The number of hydrogen-bond donors (Lipinski definition) is 0. The van der Waals surface area contributed by atoms with Crippen LogP contribution in [0.25, 0.3) is 84.1 Å². The maximum atomic E-state index is 2.42. The molecule has 0 saturated carbocycles. The lowest BCUT2D eigenvalue weighted by atomic mass is 9.99. The zero-order chi connectivity index (χ0) is 26.2. The van der Waals surface area contributed by atoms with Crippen molar-refractivity contribution in [2.24, 2.45) is 0 Å². The molecule has 0 saturated heterocycles. The van der Waals surface area contributed by atoms with Gasteiger partial charge in [0.15, 0.2) is 0 Å². The zero-order valence-corrected chi connectivity index (χ0v) is 23.2. The zero-order valence-electron chi connectivity index (χ0n) is 21.5. The van der Waals surface area contributed by atoms with Crippen LogP contribution in [0.15, 0.2) is 133 Å². The van der Waals surface area contributed by atoms with Gasteiger partial charge in [-0.05, 0) is 57.3 Å². The van der Waals surface area contributed by atoms with Gasteiger partial charge in [0.25, 0.3) is 0 Å². The lowest BCUT2D eigenvalue weighted by Crippen LogP contribution is -1.78. The average molecular weight is 543 g/mol. The van der Waals surface area contributed by atoms with E-state index in [-0.39, 0.29) is 0 Å². The van der Waals surface area contributed by atoms with Gasteiger partial charge in [-0.25, -0.2) is 0 Å². The van der Waals surface area contributed by atoms with Crippen LogP contribution in [0, 0.1) is 0 Å². The summed E-state index contributed by atoms with van der Waals surface area (Å²) >= 11 is 3.84. The molecule has 2 heterocycles.